The molecule has 1 aliphatic heterocycles. The van der Waals surface area contributed by atoms with Crippen LogP contribution in [0.25, 0.3) is 10.2 Å². The number of hydrogen-bond donors (Lipinski definition) is 1. The van der Waals surface area contributed by atoms with E-state index in [1.165, 1.54) is 11.8 Å². The van der Waals surface area contributed by atoms with Gasteiger partial charge in [0.15, 0.2) is 5.16 Å². The lowest BCUT2D eigenvalue weighted by molar-refractivity contribution is -0.119. The minimum atomic E-state index is -0.284. The lowest BCUT2D eigenvalue weighted by Crippen LogP contribution is -2.41. The van der Waals surface area contributed by atoms with Crippen LogP contribution in [-0.2, 0) is 22.5 Å². The Labute approximate surface area is 174 Å². The average Bonchev–Trinajstić information content (AvgIpc) is 3.21. The van der Waals surface area contributed by atoms with Crippen molar-refractivity contribution >= 4 is 39.2 Å². The van der Waals surface area contributed by atoms with E-state index in [1.807, 2.05) is 27.7 Å². The number of hydrogen-bond acceptors (Lipinski definition) is 6. The van der Waals surface area contributed by atoms with Crippen LogP contribution in [0.2, 0.25) is 0 Å². The van der Waals surface area contributed by atoms with Crippen molar-refractivity contribution < 1.29 is 9.53 Å². The monoisotopic (exact) mass is 423 g/mol. The van der Waals surface area contributed by atoms with Crippen LogP contribution in [0.5, 0.6) is 0 Å². The molecule has 0 unspecified atom stereocenters. The molecule has 2 aromatic rings. The predicted octanol–water partition coefficient (Wildman–Crippen LogP) is 3.51. The summed E-state index contributed by atoms with van der Waals surface area (Å²) >= 11 is 2.88. The molecule has 1 aliphatic rings. The van der Waals surface area contributed by atoms with Gasteiger partial charge in [-0.2, -0.15) is 0 Å². The highest BCUT2D eigenvalue weighted by Gasteiger charge is 2.23. The van der Waals surface area contributed by atoms with Crippen LogP contribution in [0.15, 0.2) is 9.95 Å². The molecule has 1 amide bonds. The SMILES string of the molecule is CCc1c(C)sc2nc(SCC(=O)NC(C)(C)C)n(C[C@@H]3CCCO3)c(=O)c12. The van der Waals surface area contributed by atoms with Gasteiger partial charge >= 0.3 is 0 Å². The van der Waals surface area contributed by atoms with Crippen molar-refractivity contribution in [3.8, 4) is 0 Å². The second kappa shape index (κ2) is 8.55. The maximum atomic E-state index is 13.4. The molecule has 2 aromatic heterocycles. The van der Waals surface area contributed by atoms with E-state index in [-0.39, 0.29) is 28.9 Å². The Balaban J connectivity index is 1.96. The summed E-state index contributed by atoms with van der Waals surface area (Å²) < 4.78 is 7.48. The van der Waals surface area contributed by atoms with Crippen LogP contribution >= 0.6 is 23.1 Å². The molecule has 0 aromatic carbocycles. The van der Waals surface area contributed by atoms with Crippen molar-refractivity contribution in [2.45, 2.75) is 77.2 Å². The van der Waals surface area contributed by atoms with Crippen molar-refractivity contribution in [2.24, 2.45) is 0 Å². The van der Waals surface area contributed by atoms with Gasteiger partial charge in [0.05, 0.1) is 23.8 Å². The fourth-order valence-corrected chi connectivity index (χ4v) is 5.47. The van der Waals surface area contributed by atoms with Gasteiger partial charge in [-0.05, 0) is 52.5 Å². The van der Waals surface area contributed by atoms with E-state index >= 15 is 0 Å². The molecule has 0 spiro atoms. The van der Waals surface area contributed by atoms with Crippen LogP contribution < -0.4 is 10.9 Å². The first kappa shape index (κ1) is 21.3. The van der Waals surface area contributed by atoms with E-state index in [0.29, 0.717) is 11.7 Å². The lowest BCUT2D eigenvalue weighted by atomic mass is 10.1. The standard InChI is InChI=1S/C20H29N3O3S2/c1-6-14-12(2)28-17-16(14)18(25)23(10-13-8-7-9-26-13)19(21-17)27-11-15(24)22-20(3,4)5/h13H,6-11H2,1-5H3,(H,22,24)/t13-/m0/s1. The van der Waals surface area contributed by atoms with Crippen molar-refractivity contribution in [2.75, 3.05) is 12.4 Å². The van der Waals surface area contributed by atoms with Crippen molar-refractivity contribution in [3.05, 3.63) is 20.8 Å². The third-order valence-corrected chi connectivity index (χ3v) is 6.71. The normalized spacial score (nSPS) is 17.4. The lowest BCUT2D eigenvalue weighted by Gasteiger charge is -2.20. The molecule has 0 saturated carbocycles. The van der Waals surface area contributed by atoms with Crippen LogP contribution in [0.3, 0.4) is 0 Å². The highest BCUT2D eigenvalue weighted by Crippen LogP contribution is 2.30. The maximum absolute atomic E-state index is 13.4. The first-order chi connectivity index (χ1) is 13.2. The number of carbonyl (C=O) groups is 1. The van der Waals surface area contributed by atoms with Gasteiger partial charge in [-0.3, -0.25) is 14.2 Å². The molecule has 3 rings (SSSR count). The van der Waals surface area contributed by atoms with Gasteiger partial charge in [-0.15, -0.1) is 11.3 Å². The third-order valence-electron chi connectivity index (χ3n) is 4.69. The number of rotatable bonds is 6. The number of thioether (sulfide) groups is 1. The highest BCUT2D eigenvalue weighted by atomic mass is 32.2. The summed E-state index contributed by atoms with van der Waals surface area (Å²) in [5.41, 5.74) is 0.786. The maximum Gasteiger partial charge on any atom is 0.263 e. The van der Waals surface area contributed by atoms with Crippen LogP contribution in [0.1, 0.15) is 51.0 Å². The first-order valence-corrected chi connectivity index (χ1v) is 11.6. The molecule has 1 atom stereocenters. The van der Waals surface area contributed by atoms with Crippen LogP contribution in [-0.4, -0.2) is 39.5 Å². The molecule has 6 nitrogen and oxygen atoms in total. The Bertz CT molecular complexity index is 921. The van der Waals surface area contributed by atoms with E-state index in [0.717, 1.165) is 46.5 Å². The molecule has 8 heteroatoms. The zero-order valence-electron chi connectivity index (χ0n) is 17.3. The first-order valence-electron chi connectivity index (χ1n) is 9.78. The Hall–Kier alpha value is -1.38. The Morgan fingerprint density at radius 3 is 2.79 bits per heavy atom. The van der Waals surface area contributed by atoms with E-state index < -0.39 is 0 Å². The minimum absolute atomic E-state index is 0.0135. The number of nitrogens with one attached hydrogen (secondary N) is 1. The van der Waals surface area contributed by atoms with Gasteiger partial charge in [0, 0.05) is 17.0 Å². The van der Waals surface area contributed by atoms with Crippen LogP contribution in [0, 0.1) is 6.92 Å². The number of fused-ring (bicyclic) bond motifs is 1. The van der Waals surface area contributed by atoms with Crippen molar-refractivity contribution in [1.82, 2.24) is 14.9 Å². The Kier molecular flexibility index (Phi) is 6.51. The molecule has 0 aliphatic carbocycles. The molecule has 28 heavy (non-hydrogen) atoms. The summed E-state index contributed by atoms with van der Waals surface area (Å²) in [4.78, 5) is 32.3. The third kappa shape index (κ3) is 4.78. The van der Waals surface area contributed by atoms with Crippen LogP contribution in [0.4, 0.5) is 0 Å². The summed E-state index contributed by atoms with van der Waals surface area (Å²) in [6.07, 6.45) is 2.80. The molecule has 1 N–H and O–H groups in total. The number of nitrogens with zero attached hydrogens (tertiary/aromatic N) is 2. The number of thiophene rings is 1. The van der Waals surface area contributed by atoms with E-state index in [4.69, 9.17) is 9.72 Å². The van der Waals surface area contributed by atoms with Gasteiger partial charge in [0.2, 0.25) is 5.91 Å². The molecular formula is C20H29N3O3S2. The molecule has 1 saturated heterocycles. The predicted molar refractivity (Wildman–Crippen MR) is 116 cm³/mol. The van der Waals surface area contributed by atoms with E-state index in [9.17, 15) is 9.59 Å². The van der Waals surface area contributed by atoms with Crippen molar-refractivity contribution in [1.29, 1.82) is 0 Å². The molecular weight excluding hydrogens is 394 g/mol. The summed E-state index contributed by atoms with van der Waals surface area (Å²) in [5.74, 6) is 0.165. The Morgan fingerprint density at radius 1 is 1.43 bits per heavy atom. The van der Waals surface area contributed by atoms with Gasteiger partial charge < -0.3 is 10.1 Å². The topological polar surface area (TPSA) is 73.2 Å². The number of carbonyl (C=O) groups excluding carboxylic acids is 1. The Morgan fingerprint density at radius 2 is 2.18 bits per heavy atom. The smallest absolute Gasteiger partial charge is 0.263 e. The second-order valence-corrected chi connectivity index (χ2v) is 10.3. The minimum Gasteiger partial charge on any atom is -0.376 e. The number of ether oxygens (including phenoxy) is 1. The molecule has 0 bridgehead atoms. The van der Waals surface area contributed by atoms with Gasteiger partial charge in [0.1, 0.15) is 4.83 Å². The zero-order valence-corrected chi connectivity index (χ0v) is 18.9. The summed E-state index contributed by atoms with van der Waals surface area (Å²) in [5, 5.41) is 4.29. The number of aryl methyl sites for hydroxylation is 2. The molecule has 154 valence electrons. The van der Waals surface area contributed by atoms with Gasteiger partial charge in [-0.1, -0.05) is 18.7 Å². The molecule has 1 fully saturated rings. The average molecular weight is 424 g/mol. The second-order valence-electron chi connectivity index (χ2n) is 8.20. The largest absolute Gasteiger partial charge is 0.376 e. The van der Waals surface area contributed by atoms with E-state index in [2.05, 4.69) is 12.2 Å². The van der Waals surface area contributed by atoms with Gasteiger partial charge in [-0.25, -0.2) is 4.98 Å². The number of aromatic nitrogens is 2. The molecule has 3 heterocycles. The summed E-state index contributed by atoms with van der Waals surface area (Å²) in [7, 11) is 0. The fraction of sp³-hybridized carbons (Fsp3) is 0.650. The fourth-order valence-electron chi connectivity index (χ4n) is 3.50. The summed E-state index contributed by atoms with van der Waals surface area (Å²) in [6, 6.07) is 0. The van der Waals surface area contributed by atoms with E-state index in [1.54, 1.807) is 15.9 Å². The molecule has 0 radical (unpaired) electrons. The number of amides is 1. The van der Waals surface area contributed by atoms with Crippen molar-refractivity contribution in [3.63, 3.8) is 0 Å². The quantitative estimate of drug-likeness (QED) is 0.568. The summed E-state index contributed by atoms with van der Waals surface area (Å²) in [6.45, 7) is 11.2. The zero-order chi connectivity index (χ0) is 20.5. The highest BCUT2D eigenvalue weighted by molar-refractivity contribution is 7.99. The van der Waals surface area contributed by atoms with Gasteiger partial charge in [0.25, 0.3) is 5.56 Å².